The summed E-state index contributed by atoms with van der Waals surface area (Å²) in [5.41, 5.74) is 3.18. The number of fused-ring (bicyclic) bond motifs is 2. The van der Waals surface area contributed by atoms with Gasteiger partial charge in [-0.2, -0.15) is 0 Å². The van der Waals surface area contributed by atoms with E-state index in [1.807, 2.05) is 73.7 Å². The highest BCUT2D eigenvalue weighted by Crippen LogP contribution is 2.36. The number of hydrogen-bond acceptors (Lipinski definition) is 7. The van der Waals surface area contributed by atoms with Crippen LogP contribution in [0.5, 0.6) is 11.5 Å². The standard InChI is InChI=1S/C36H31BrN2O5S/c1-4-42-29-16-9-8-15-27(29)33-32(35(41)43-5-2)22(3)38-36-39(33)34(40)31(45-36)20-23-17-18-30(28(37)19-23)44-21-25-13-10-12-24-11-6-7-14-26(24)25/h6-20,33H,4-5,21H2,1-3H3/b31-20-/t33-/m0/s1. The van der Waals surface area contributed by atoms with Gasteiger partial charge >= 0.3 is 5.97 Å². The predicted octanol–water partition coefficient (Wildman–Crippen LogP) is 6.69. The van der Waals surface area contributed by atoms with Crippen molar-refractivity contribution in [3.63, 3.8) is 0 Å². The van der Waals surface area contributed by atoms with E-state index >= 15 is 0 Å². The van der Waals surface area contributed by atoms with Gasteiger partial charge in [0.05, 0.1) is 33.5 Å². The molecule has 0 unspecified atom stereocenters. The molecule has 45 heavy (non-hydrogen) atoms. The van der Waals surface area contributed by atoms with Gasteiger partial charge in [-0.25, -0.2) is 9.79 Å². The molecule has 228 valence electrons. The van der Waals surface area contributed by atoms with E-state index in [1.54, 1.807) is 18.4 Å². The van der Waals surface area contributed by atoms with Gasteiger partial charge in [0, 0.05) is 5.56 Å². The van der Waals surface area contributed by atoms with E-state index in [0.717, 1.165) is 21.0 Å². The number of thiazole rings is 1. The highest BCUT2D eigenvalue weighted by Gasteiger charge is 2.35. The molecule has 0 fully saturated rings. The van der Waals surface area contributed by atoms with Gasteiger partial charge in [0.25, 0.3) is 5.56 Å². The van der Waals surface area contributed by atoms with Crippen LogP contribution in [0, 0.1) is 0 Å². The number of carbonyl (C=O) groups is 1. The minimum absolute atomic E-state index is 0.205. The lowest BCUT2D eigenvalue weighted by atomic mass is 9.95. The minimum Gasteiger partial charge on any atom is -0.494 e. The maximum atomic E-state index is 14.1. The van der Waals surface area contributed by atoms with Crippen LogP contribution in [0.2, 0.25) is 0 Å². The van der Waals surface area contributed by atoms with Crippen LogP contribution in [0.4, 0.5) is 0 Å². The molecule has 6 rings (SSSR count). The van der Waals surface area contributed by atoms with Gasteiger partial charge in [0.2, 0.25) is 0 Å². The number of ether oxygens (including phenoxy) is 3. The van der Waals surface area contributed by atoms with Crippen LogP contribution in [-0.4, -0.2) is 23.8 Å². The van der Waals surface area contributed by atoms with Crippen molar-refractivity contribution in [3.8, 4) is 11.5 Å². The zero-order valence-corrected chi connectivity index (χ0v) is 27.5. The molecule has 4 aromatic carbocycles. The van der Waals surface area contributed by atoms with Gasteiger partial charge in [0.1, 0.15) is 24.1 Å². The molecule has 1 aromatic heterocycles. The first-order valence-corrected chi connectivity index (χ1v) is 16.3. The van der Waals surface area contributed by atoms with E-state index in [-0.39, 0.29) is 12.2 Å². The lowest BCUT2D eigenvalue weighted by Gasteiger charge is -2.26. The smallest absolute Gasteiger partial charge is 0.338 e. The van der Waals surface area contributed by atoms with Gasteiger partial charge in [-0.1, -0.05) is 78.1 Å². The number of carbonyl (C=O) groups excluding carboxylic acids is 1. The van der Waals surface area contributed by atoms with Gasteiger partial charge in [-0.3, -0.25) is 9.36 Å². The first-order chi connectivity index (χ1) is 21.9. The molecule has 0 spiro atoms. The van der Waals surface area contributed by atoms with Gasteiger partial charge in [-0.05, 0) is 82.9 Å². The number of hydrogen-bond donors (Lipinski definition) is 0. The Kier molecular flexibility index (Phi) is 9.00. The second-order valence-electron chi connectivity index (χ2n) is 10.4. The van der Waals surface area contributed by atoms with Crippen molar-refractivity contribution >= 4 is 50.1 Å². The number of nitrogens with zero attached hydrogens (tertiary/aromatic N) is 2. The van der Waals surface area contributed by atoms with Crippen LogP contribution >= 0.6 is 27.3 Å². The molecule has 1 aliphatic rings. The number of aromatic nitrogens is 1. The van der Waals surface area contributed by atoms with Crippen molar-refractivity contribution in [2.75, 3.05) is 13.2 Å². The van der Waals surface area contributed by atoms with Crippen molar-refractivity contribution in [1.82, 2.24) is 4.57 Å². The molecule has 5 aromatic rings. The van der Waals surface area contributed by atoms with E-state index in [1.165, 1.54) is 16.7 Å². The topological polar surface area (TPSA) is 79.1 Å². The first-order valence-electron chi connectivity index (χ1n) is 14.7. The number of benzene rings is 4. The average Bonchev–Trinajstić information content (AvgIpc) is 3.34. The van der Waals surface area contributed by atoms with Crippen LogP contribution < -0.4 is 24.4 Å². The van der Waals surface area contributed by atoms with Crippen molar-refractivity contribution in [2.45, 2.75) is 33.4 Å². The molecule has 0 saturated carbocycles. The first kappa shape index (κ1) is 30.6. The molecule has 0 amide bonds. The third kappa shape index (κ3) is 6.10. The molecule has 0 radical (unpaired) electrons. The monoisotopic (exact) mass is 682 g/mol. The maximum absolute atomic E-state index is 14.1. The van der Waals surface area contributed by atoms with Crippen molar-refractivity contribution in [3.05, 3.63) is 137 Å². The molecule has 1 atom stereocenters. The summed E-state index contributed by atoms with van der Waals surface area (Å²) >= 11 is 4.93. The largest absolute Gasteiger partial charge is 0.494 e. The van der Waals surface area contributed by atoms with Crippen LogP contribution in [-0.2, 0) is 16.1 Å². The van der Waals surface area contributed by atoms with Gasteiger partial charge < -0.3 is 14.2 Å². The molecule has 1 aliphatic heterocycles. The SMILES string of the molecule is CCOC(=O)C1=C(C)N=c2s/c(=C\c3ccc(OCc4cccc5ccccc45)c(Br)c3)c(=O)n2[C@H]1c1ccccc1OCC. The molecule has 0 N–H and O–H groups in total. The number of halogens is 1. The lowest BCUT2D eigenvalue weighted by molar-refractivity contribution is -0.139. The van der Waals surface area contributed by atoms with E-state index < -0.39 is 12.0 Å². The van der Waals surface area contributed by atoms with E-state index in [4.69, 9.17) is 14.2 Å². The summed E-state index contributed by atoms with van der Waals surface area (Å²) in [5.74, 6) is 0.787. The number of esters is 1. The third-order valence-corrected chi connectivity index (χ3v) is 9.15. The predicted molar refractivity (Wildman–Crippen MR) is 180 cm³/mol. The Labute approximate surface area is 272 Å². The fourth-order valence-electron chi connectivity index (χ4n) is 5.53. The molecule has 0 aliphatic carbocycles. The van der Waals surface area contributed by atoms with Crippen LogP contribution in [0.3, 0.4) is 0 Å². The average molecular weight is 684 g/mol. The van der Waals surface area contributed by atoms with Crippen LogP contribution in [0.25, 0.3) is 16.8 Å². The molecule has 0 saturated heterocycles. The Hall–Kier alpha value is -4.47. The highest BCUT2D eigenvalue weighted by molar-refractivity contribution is 9.10. The quantitative estimate of drug-likeness (QED) is 0.162. The number of rotatable bonds is 9. The van der Waals surface area contributed by atoms with E-state index in [0.29, 0.717) is 50.9 Å². The van der Waals surface area contributed by atoms with E-state index in [2.05, 4.69) is 45.2 Å². The van der Waals surface area contributed by atoms with Gasteiger partial charge in [0.15, 0.2) is 4.80 Å². The Bertz CT molecular complexity index is 2130. The Morgan fingerprint density at radius 2 is 1.73 bits per heavy atom. The molecule has 2 heterocycles. The van der Waals surface area contributed by atoms with Crippen LogP contribution in [0.1, 0.15) is 43.5 Å². The maximum Gasteiger partial charge on any atom is 0.338 e. The molecular formula is C36H31BrN2O5S. The second-order valence-corrected chi connectivity index (χ2v) is 12.3. The Balaban J connectivity index is 1.36. The Morgan fingerprint density at radius 1 is 0.956 bits per heavy atom. The summed E-state index contributed by atoms with van der Waals surface area (Å²) in [5, 5.41) is 2.33. The van der Waals surface area contributed by atoms with E-state index in [9.17, 15) is 9.59 Å². The normalized spacial score (nSPS) is 14.7. The molecular weight excluding hydrogens is 652 g/mol. The summed E-state index contributed by atoms with van der Waals surface area (Å²) < 4.78 is 20.4. The fraction of sp³-hybridized carbons (Fsp3) is 0.194. The second kappa shape index (κ2) is 13.3. The molecule has 0 bridgehead atoms. The number of para-hydroxylation sites is 1. The summed E-state index contributed by atoms with van der Waals surface area (Å²) in [6.07, 6.45) is 1.83. The number of allylic oxidation sites excluding steroid dienone is 1. The lowest BCUT2D eigenvalue weighted by Crippen LogP contribution is -2.40. The zero-order chi connectivity index (χ0) is 31.5. The summed E-state index contributed by atoms with van der Waals surface area (Å²) in [6, 6.07) is 26.9. The minimum atomic E-state index is -0.748. The fourth-order valence-corrected chi connectivity index (χ4v) is 7.09. The zero-order valence-electron chi connectivity index (χ0n) is 25.1. The van der Waals surface area contributed by atoms with Crippen molar-refractivity contribution in [1.29, 1.82) is 0 Å². The highest BCUT2D eigenvalue weighted by atomic mass is 79.9. The van der Waals surface area contributed by atoms with Crippen molar-refractivity contribution in [2.24, 2.45) is 4.99 Å². The summed E-state index contributed by atoms with van der Waals surface area (Å²) in [6.45, 7) is 6.48. The van der Waals surface area contributed by atoms with Crippen molar-refractivity contribution < 1.29 is 19.0 Å². The van der Waals surface area contributed by atoms with Crippen LogP contribution in [0.15, 0.2) is 110 Å². The summed E-state index contributed by atoms with van der Waals surface area (Å²) in [7, 11) is 0. The van der Waals surface area contributed by atoms with Gasteiger partial charge in [-0.15, -0.1) is 0 Å². The summed E-state index contributed by atoms with van der Waals surface area (Å²) in [4.78, 5) is 32.5. The third-order valence-electron chi connectivity index (χ3n) is 7.55. The molecule has 7 nitrogen and oxygen atoms in total. The molecule has 9 heteroatoms. The Morgan fingerprint density at radius 3 is 2.53 bits per heavy atom.